The monoisotopic (exact) mass is 243 g/mol. The van der Waals surface area contributed by atoms with Crippen molar-refractivity contribution in [1.29, 1.82) is 0 Å². The molecule has 3 heterocycles. The first-order valence-electron chi connectivity index (χ1n) is 6.27. The van der Waals surface area contributed by atoms with E-state index in [1.54, 1.807) is 0 Å². The van der Waals surface area contributed by atoms with Gasteiger partial charge in [0.15, 0.2) is 5.65 Å². The Morgan fingerprint density at radius 1 is 1.50 bits per heavy atom. The Morgan fingerprint density at radius 2 is 2.44 bits per heavy atom. The number of pyridine rings is 1. The third-order valence-corrected chi connectivity index (χ3v) is 3.19. The predicted molar refractivity (Wildman–Crippen MR) is 71.8 cm³/mol. The van der Waals surface area contributed by atoms with Crippen LogP contribution in [0.15, 0.2) is 30.0 Å². The number of fused-ring (bicyclic) bond motifs is 1. The molecule has 0 atom stereocenters. The van der Waals surface area contributed by atoms with Gasteiger partial charge in [-0.05, 0) is 31.5 Å². The Kier molecular flexibility index (Phi) is 2.98. The van der Waals surface area contributed by atoms with Crippen molar-refractivity contribution in [1.82, 2.24) is 19.9 Å². The van der Waals surface area contributed by atoms with Crippen LogP contribution in [-0.4, -0.2) is 34.2 Å². The maximum absolute atomic E-state index is 4.49. The molecule has 3 rings (SSSR count). The molecule has 2 aromatic heterocycles. The molecule has 5 heteroatoms. The first kappa shape index (κ1) is 11.2. The average Bonchev–Trinajstić information content (AvgIpc) is 2.82. The third-order valence-electron chi connectivity index (χ3n) is 3.19. The number of nitrogens with zero attached hydrogens (tertiary/aromatic N) is 3. The van der Waals surface area contributed by atoms with Crippen molar-refractivity contribution in [3.05, 3.63) is 35.5 Å². The first-order valence-corrected chi connectivity index (χ1v) is 6.27. The Balaban J connectivity index is 1.75. The van der Waals surface area contributed by atoms with Gasteiger partial charge in [-0.15, -0.1) is 5.10 Å². The standard InChI is InChI=1S/C13H17N5/c1-10-3-2-8-18-12(10)16-13(17-18)15-9-11-4-6-14-7-5-11/h2-4,8,14H,5-7,9H2,1H3,(H,15,17). The summed E-state index contributed by atoms with van der Waals surface area (Å²) < 4.78 is 1.81. The highest BCUT2D eigenvalue weighted by atomic mass is 15.3. The quantitative estimate of drug-likeness (QED) is 0.799. The summed E-state index contributed by atoms with van der Waals surface area (Å²) in [6.45, 7) is 4.90. The summed E-state index contributed by atoms with van der Waals surface area (Å²) >= 11 is 0. The zero-order valence-corrected chi connectivity index (χ0v) is 10.5. The van der Waals surface area contributed by atoms with Crippen LogP contribution < -0.4 is 10.6 Å². The van der Waals surface area contributed by atoms with E-state index in [0.717, 1.165) is 37.3 Å². The SMILES string of the molecule is Cc1cccn2nc(NCC3=CCNCC3)nc12. The highest BCUT2D eigenvalue weighted by Crippen LogP contribution is 2.11. The fourth-order valence-corrected chi connectivity index (χ4v) is 2.14. The zero-order chi connectivity index (χ0) is 12.4. The molecule has 2 N–H and O–H groups in total. The number of aryl methyl sites for hydroxylation is 1. The topological polar surface area (TPSA) is 54.2 Å². The molecule has 0 saturated heterocycles. The van der Waals surface area contributed by atoms with E-state index < -0.39 is 0 Å². The van der Waals surface area contributed by atoms with E-state index in [2.05, 4.69) is 26.8 Å². The van der Waals surface area contributed by atoms with Crippen LogP contribution in [-0.2, 0) is 0 Å². The number of hydrogen-bond acceptors (Lipinski definition) is 4. The summed E-state index contributed by atoms with van der Waals surface area (Å²) in [7, 11) is 0. The third kappa shape index (κ3) is 2.22. The second-order valence-electron chi connectivity index (χ2n) is 4.56. The molecule has 0 radical (unpaired) electrons. The second kappa shape index (κ2) is 4.78. The van der Waals surface area contributed by atoms with Gasteiger partial charge in [-0.1, -0.05) is 17.7 Å². The van der Waals surface area contributed by atoms with Crippen LogP contribution in [0.2, 0.25) is 0 Å². The van der Waals surface area contributed by atoms with E-state index in [-0.39, 0.29) is 0 Å². The molecule has 94 valence electrons. The molecule has 0 bridgehead atoms. The van der Waals surface area contributed by atoms with Gasteiger partial charge in [0.1, 0.15) is 0 Å². The van der Waals surface area contributed by atoms with E-state index in [9.17, 15) is 0 Å². The van der Waals surface area contributed by atoms with Gasteiger partial charge in [0, 0.05) is 19.3 Å². The van der Waals surface area contributed by atoms with E-state index in [1.807, 2.05) is 29.8 Å². The van der Waals surface area contributed by atoms with Crippen LogP contribution in [0.5, 0.6) is 0 Å². The van der Waals surface area contributed by atoms with Crippen molar-refractivity contribution >= 4 is 11.6 Å². The summed E-state index contributed by atoms with van der Waals surface area (Å²) in [5.74, 6) is 0.698. The number of rotatable bonds is 3. The minimum absolute atomic E-state index is 0.698. The van der Waals surface area contributed by atoms with Gasteiger partial charge in [-0.2, -0.15) is 4.98 Å². The van der Waals surface area contributed by atoms with E-state index in [1.165, 1.54) is 5.57 Å². The summed E-state index contributed by atoms with van der Waals surface area (Å²) in [6, 6.07) is 4.03. The predicted octanol–water partition coefficient (Wildman–Crippen LogP) is 1.37. The molecule has 0 aliphatic carbocycles. The van der Waals surface area contributed by atoms with E-state index in [4.69, 9.17) is 0 Å². The van der Waals surface area contributed by atoms with E-state index in [0.29, 0.717) is 5.95 Å². The molecule has 18 heavy (non-hydrogen) atoms. The van der Waals surface area contributed by atoms with Crippen LogP contribution in [0.4, 0.5) is 5.95 Å². The van der Waals surface area contributed by atoms with Gasteiger partial charge in [0.25, 0.3) is 0 Å². The fourth-order valence-electron chi connectivity index (χ4n) is 2.14. The minimum atomic E-state index is 0.698. The fraction of sp³-hybridized carbons (Fsp3) is 0.385. The van der Waals surface area contributed by atoms with Crippen LogP contribution in [0.3, 0.4) is 0 Å². The number of nitrogens with one attached hydrogen (secondary N) is 2. The van der Waals surface area contributed by atoms with Crippen molar-refractivity contribution in [3.8, 4) is 0 Å². The molecule has 0 saturated carbocycles. The van der Waals surface area contributed by atoms with Crippen molar-refractivity contribution in [2.24, 2.45) is 0 Å². The molecule has 0 unspecified atom stereocenters. The Morgan fingerprint density at radius 3 is 3.22 bits per heavy atom. The molecule has 0 amide bonds. The smallest absolute Gasteiger partial charge is 0.243 e. The van der Waals surface area contributed by atoms with Crippen LogP contribution in [0.1, 0.15) is 12.0 Å². The van der Waals surface area contributed by atoms with Gasteiger partial charge in [0.2, 0.25) is 5.95 Å². The summed E-state index contributed by atoms with van der Waals surface area (Å²) in [5, 5.41) is 11.0. The molecule has 1 aliphatic heterocycles. The zero-order valence-electron chi connectivity index (χ0n) is 10.5. The lowest BCUT2D eigenvalue weighted by Crippen LogP contribution is -2.23. The molecule has 0 fully saturated rings. The van der Waals surface area contributed by atoms with Gasteiger partial charge in [0.05, 0.1) is 0 Å². The summed E-state index contributed by atoms with van der Waals surface area (Å²) in [5.41, 5.74) is 3.47. The summed E-state index contributed by atoms with van der Waals surface area (Å²) in [4.78, 5) is 4.49. The van der Waals surface area contributed by atoms with Gasteiger partial charge in [-0.3, -0.25) is 0 Å². The second-order valence-corrected chi connectivity index (χ2v) is 4.56. The average molecular weight is 243 g/mol. The maximum atomic E-state index is 4.49. The minimum Gasteiger partial charge on any atom is -0.349 e. The molecule has 0 spiro atoms. The molecular weight excluding hydrogens is 226 g/mol. The summed E-state index contributed by atoms with van der Waals surface area (Å²) in [6.07, 6.45) is 5.25. The maximum Gasteiger partial charge on any atom is 0.243 e. The Bertz CT molecular complexity index is 584. The molecule has 1 aliphatic rings. The van der Waals surface area contributed by atoms with Crippen molar-refractivity contribution < 1.29 is 0 Å². The van der Waals surface area contributed by atoms with Crippen LogP contribution in [0.25, 0.3) is 5.65 Å². The molecule has 2 aromatic rings. The number of anilines is 1. The van der Waals surface area contributed by atoms with Crippen molar-refractivity contribution in [2.45, 2.75) is 13.3 Å². The van der Waals surface area contributed by atoms with Crippen molar-refractivity contribution in [2.75, 3.05) is 25.0 Å². The normalized spacial score (nSPS) is 15.7. The first-order chi connectivity index (χ1) is 8.83. The van der Waals surface area contributed by atoms with Crippen LogP contribution in [0, 0.1) is 6.92 Å². The highest BCUT2D eigenvalue weighted by molar-refractivity contribution is 5.50. The van der Waals surface area contributed by atoms with Gasteiger partial charge < -0.3 is 10.6 Å². The lowest BCUT2D eigenvalue weighted by Gasteiger charge is -2.13. The lowest BCUT2D eigenvalue weighted by molar-refractivity contribution is 0.697. The Labute approximate surface area is 106 Å². The number of hydrogen-bond donors (Lipinski definition) is 2. The lowest BCUT2D eigenvalue weighted by atomic mass is 10.1. The molecule has 0 aromatic carbocycles. The largest absolute Gasteiger partial charge is 0.349 e. The van der Waals surface area contributed by atoms with Crippen molar-refractivity contribution in [3.63, 3.8) is 0 Å². The molecular formula is C13H17N5. The molecule has 5 nitrogen and oxygen atoms in total. The number of aromatic nitrogens is 3. The van der Waals surface area contributed by atoms with E-state index >= 15 is 0 Å². The van der Waals surface area contributed by atoms with Crippen LogP contribution >= 0.6 is 0 Å². The van der Waals surface area contributed by atoms with Gasteiger partial charge >= 0.3 is 0 Å². The highest BCUT2D eigenvalue weighted by Gasteiger charge is 2.07. The Hall–Kier alpha value is -1.88. The van der Waals surface area contributed by atoms with Gasteiger partial charge in [-0.25, -0.2) is 4.52 Å².